The number of nitrogens with zero attached hydrogens (tertiary/aromatic N) is 2. The molecular formula is C22H20F4N2O10. The van der Waals surface area contributed by atoms with Crippen LogP contribution in [0.1, 0.15) is 0 Å². The third kappa shape index (κ3) is 7.87. The first-order valence-electron chi connectivity index (χ1n) is 10.4. The molecule has 0 saturated heterocycles. The average Bonchev–Trinajstić information content (AvgIpc) is 2.79. The lowest BCUT2D eigenvalue weighted by Gasteiger charge is -2.25. The molecule has 0 aliphatic heterocycles. The molecule has 38 heavy (non-hydrogen) atoms. The van der Waals surface area contributed by atoms with Crippen LogP contribution in [0.3, 0.4) is 0 Å². The molecule has 16 heteroatoms. The van der Waals surface area contributed by atoms with Gasteiger partial charge >= 0.3 is 23.9 Å². The zero-order valence-electron chi connectivity index (χ0n) is 19.2. The van der Waals surface area contributed by atoms with E-state index >= 15 is 0 Å². The lowest BCUT2D eigenvalue weighted by Crippen LogP contribution is -2.35. The van der Waals surface area contributed by atoms with Crippen molar-refractivity contribution in [2.45, 2.75) is 0 Å². The van der Waals surface area contributed by atoms with Gasteiger partial charge in [-0.15, -0.1) is 0 Å². The molecule has 0 amide bonds. The first-order valence-corrected chi connectivity index (χ1v) is 10.4. The lowest BCUT2D eigenvalue weighted by molar-refractivity contribution is -0.138. The number of anilines is 2. The van der Waals surface area contributed by atoms with Crippen molar-refractivity contribution < 1.29 is 66.6 Å². The van der Waals surface area contributed by atoms with E-state index in [-0.39, 0.29) is 0 Å². The molecule has 0 aromatic heterocycles. The number of ether oxygens (including phenoxy) is 2. The van der Waals surface area contributed by atoms with E-state index in [0.29, 0.717) is 21.9 Å². The van der Waals surface area contributed by atoms with Crippen molar-refractivity contribution in [3.8, 4) is 11.5 Å². The molecule has 0 unspecified atom stereocenters. The molecule has 0 aliphatic rings. The van der Waals surface area contributed by atoms with Crippen molar-refractivity contribution in [3.63, 3.8) is 0 Å². The highest BCUT2D eigenvalue weighted by molar-refractivity contribution is 5.82. The van der Waals surface area contributed by atoms with E-state index in [1.54, 1.807) is 0 Å². The molecule has 2 aromatic carbocycles. The molecule has 0 fully saturated rings. The summed E-state index contributed by atoms with van der Waals surface area (Å²) < 4.78 is 66.9. The van der Waals surface area contributed by atoms with Gasteiger partial charge in [0.15, 0.2) is 23.1 Å². The molecule has 0 heterocycles. The number of hydrogen-bond donors (Lipinski definition) is 4. The minimum atomic E-state index is -1.60. The lowest BCUT2D eigenvalue weighted by atomic mass is 10.2. The number of rotatable bonds is 15. The highest BCUT2D eigenvalue weighted by Gasteiger charge is 2.25. The Morgan fingerprint density at radius 2 is 0.868 bits per heavy atom. The average molecular weight is 548 g/mol. The maximum Gasteiger partial charge on any atom is 0.323 e. The van der Waals surface area contributed by atoms with Gasteiger partial charge in [-0.2, -0.15) is 8.78 Å². The number of aliphatic carboxylic acids is 4. The minimum absolute atomic E-state index is 0.444. The molecule has 206 valence electrons. The van der Waals surface area contributed by atoms with Crippen LogP contribution in [0, 0.1) is 23.3 Å². The summed E-state index contributed by atoms with van der Waals surface area (Å²) in [5.41, 5.74) is -0.888. The first kappa shape index (κ1) is 29.5. The maximum atomic E-state index is 14.5. The first-order chi connectivity index (χ1) is 17.8. The summed E-state index contributed by atoms with van der Waals surface area (Å²) in [4.78, 5) is 45.8. The SMILES string of the molecule is O=C(O)CN(CC(=O)O)c1ccc(F)c(F)c1OCCOc1c(N(CC(=O)O)CC(=O)O)ccc(F)c1F. The van der Waals surface area contributed by atoms with Crippen molar-refractivity contribution in [3.05, 3.63) is 47.5 Å². The molecule has 0 atom stereocenters. The van der Waals surface area contributed by atoms with Crippen LogP contribution in [0.5, 0.6) is 11.5 Å². The second-order valence-corrected chi connectivity index (χ2v) is 7.40. The van der Waals surface area contributed by atoms with Crippen LogP contribution in [0.2, 0.25) is 0 Å². The number of carboxylic acids is 4. The van der Waals surface area contributed by atoms with Gasteiger partial charge in [0.25, 0.3) is 0 Å². The Balaban J connectivity index is 2.31. The van der Waals surface area contributed by atoms with E-state index in [4.69, 9.17) is 29.9 Å². The molecule has 2 aromatic rings. The summed E-state index contributed by atoms with van der Waals surface area (Å²) in [7, 11) is 0. The summed E-state index contributed by atoms with van der Waals surface area (Å²) in [5, 5.41) is 36.1. The fourth-order valence-electron chi connectivity index (χ4n) is 3.21. The van der Waals surface area contributed by atoms with Gasteiger partial charge in [0, 0.05) is 0 Å². The van der Waals surface area contributed by atoms with Crippen LogP contribution in [0.25, 0.3) is 0 Å². The van der Waals surface area contributed by atoms with Crippen molar-refractivity contribution >= 4 is 35.3 Å². The summed E-state index contributed by atoms with van der Waals surface area (Å²) in [6.07, 6.45) is 0. The van der Waals surface area contributed by atoms with Crippen LogP contribution < -0.4 is 19.3 Å². The van der Waals surface area contributed by atoms with E-state index in [2.05, 4.69) is 0 Å². The molecule has 12 nitrogen and oxygen atoms in total. The molecule has 0 spiro atoms. The molecule has 0 aliphatic carbocycles. The van der Waals surface area contributed by atoms with Gasteiger partial charge in [0.1, 0.15) is 39.4 Å². The monoisotopic (exact) mass is 548 g/mol. The van der Waals surface area contributed by atoms with Gasteiger partial charge in [0.2, 0.25) is 11.6 Å². The van der Waals surface area contributed by atoms with Crippen LogP contribution in [-0.2, 0) is 19.2 Å². The Bertz CT molecular complexity index is 1100. The third-order valence-corrected chi connectivity index (χ3v) is 4.62. The highest BCUT2D eigenvalue weighted by Crippen LogP contribution is 2.35. The Kier molecular flexibility index (Phi) is 10.1. The highest BCUT2D eigenvalue weighted by atomic mass is 19.2. The fraction of sp³-hybridized carbons (Fsp3) is 0.273. The molecule has 0 bridgehead atoms. The van der Waals surface area contributed by atoms with Crippen LogP contribution in [-0.4, -0.2) is 83.7 Å². The Hall–Kier alpha value is -4.76. The van der Waals surface area contributed by atoms with Gasteiger partial charge < -0.3 is 39.7 Å². The number of carboxylic acid groups (broad SMARTS) is 4. The third-order valence-electron chi connectivity index (χ3n) is 4.62. The van der Waals surface area contributed by atoms with Gasteiger partial charge in [-0.3, -0.25) is 19.2 Å². The number of halogens is 4. The van der Waals surface area contributed by atoms with Crippen LogP contribution in [0.15, 0.2) is 24.3 Å². The van der Waals surface area contributed by atoms with Crippen molar-refractivity contribution in [1.82, 2.24) is 0 Å². The van der Waals surface area contributed by atoms with E-state index < -0.39 is 109 Å². The van der Waals surface area contributed by atoms with Crippen molar-refractivity contribution in [1.29, 1.82) is 0 Å². The summed E-state index contributed by atoms with van der Waals surface area (Å²) in [6.45, 7) is -5.13. The topological polar surface area (TPSA) is 174 Å². The quantitative estimate of drug-likeness (QED) is 0.187. The van der Waals surface area contributed by atoms with Crippen molar-refractivity contribution in [2.75, 3.05) is 49.2 Å². The minimum Gasteiger partial charge on any atom is -0.485 e. The Labute approximate surface area is 210 Å². The summed E-state index contributed by atoms with van der Waals surface area (Å²) in [6, 6.07) is 2.97. The number of benzene rings is 2. The molecule has 4 N–H and O–H groups in total. The zero-order valence-corrected chi connectivity index (χ0v) is 19.2. The van der Waals surface area contributed by atoms with E-state index in [1.807, 2.05) is 0 Å². The van der Waals surface area contributed by atoms with Crippen molar-refractivity contribution in [2.24, 2.45) is 0 Å². The van der Waals surface area contributed by atoms with Gasteiger partial charge in [-0.1, -0.05) is 0 Å². The summed E-state index contributed by atoms with van der Waals surface area (Å²) >= 11 is 0. The summed E-state index contributed by atoms with van der Waals surface area (Å²) in [5.74, 6) is -13.8. The zero-order chi connectivity index (χ0) is 28.6. The van der Waals surface area contributed by atoms with Crippen LogP contribution >= 0.6 is 0 Å². The predicted octanol–water partition coefficient (Wildman–Crippen LogP) is 1.65. The molecular weight excluding hydrogens is 528 g/mol. The standard InChI is InChI=1S/C22H20F4N2O10/c23-11-1-3-13(27(7-15(29)30)8-16(31)32)21(19(11)25)37-5-6-38-22-14(4-2-12(24)20(22)26)28(9-17(33)34)10-18(35)36/h1-4H,5-10H2,(H,29,30)(H,31,32)(H,33,34)(H,35,36). The smallest absolute Gasteiger partial charge is 0.323 e. The Morgan fingerprint density at radius 3 is 1.13 bits per heavy atom. The predicted molar refractivity (Wildman–Crippen MR) is 119 cm³/mol. The van der Waals surface area contributed by atoms with Crippen LogP contribution in [0.4, 0.5) is 28.9 Å². The normalized spacial score (nSPS) is 10.5. The maximum absolute atomic E-state index is 14.5. The number of carbonyl (C=O) groups is 4. The second kappa shape index (κ2) is 13.0. The van der Waals surface area contributed by atoms with Gasteiger partial charge in [-0.05, 0) is 24.3 Å². The Morgan fingerprint density at radius 1 is 0.579 bits per heavy atom. The number of hydrogen-bond acceptors (Lipinski definition) is 8. The second-order valence-electron chi connectivity index (χ2n) is 7.40. The molecule has 0 saturated carbocycles. The van der Waals surface area contributed by atoms with E-state index in [1.165, 1.54) is 0 Å². The van der Waals surface area contributed by atoms with E-state index in [0.717, 1.165) is 12.1 Å². The van der Waals surface area contributed by atoms with E-state index in [9.17, 15) is 36.7 Å². The molecule has 0 radical (unpaired) electrons. The van der Waals surface area contributed by atoms with Gasteiger partial charge in [-0.25, -0.2) is 8.78 Å². The van der Waals surface area contributed by atoms with Gasteiger partial charge in [0.05, 0.1) is 11.4 Å². The molecule has 2 rings (SSSR count). The fourth-order valence-corrected chi connectivity index (χ4v) is 3.21. The largest absolute Gasteiger partial charge is 0.485 e.